The van der Waals surface area contributed by atoms with Crippen LogP contribution in [0.25, 0.3) is 33.2 Å². The minimum Gasteiger partial charge on any atom is -0.352 e. The molecule has 5 rings (SSSR count). The number of ketones is 1. The number of H-pyrrole nitrogens is 2. The molecule has 0 atom stereocenters. The van der Waals surface area contributed by atoms with E-state index in [2.05, 4.69) is 38.6 Å². The summed E-state index contributed by atoms with van der Waals surface area (Å²) in [5, 5.41) is 12.4. The second kappa shape index (κ2) is 9.23. The zero-order chi connectivity index (χ0) is 24.4. The number of benzene rings is 2. The molecule has 2 aromatic carbocycles. The summed E-state index contributed by atoms with van der Waals surface area (Å²) in [4.78, 5) is 25.3. The molecule has 0 saturated carbocycles. The number of allylic oxidation sites excluding steroid dienone is 4. The summed E-state index contributed by atoms with van der Waals surface area (Å²) < 4.78 is 0. The van der Waals surface area contributed by atoms with Crippen molar-refractivity contribution < 1.29 is 4.79 Å². The molecular formula is C28H24N6O. The molecule has 7 nitrogen and oxygen atoms in total. The highest BCUT2D eigenvalue weighted by Gasteiger charge is 2.13. The van der Waals surface area contributed by atoms with Crippen LogP contribution >= 0.6 is 0 Å². The largest absolute Gasteiger partial charge is 0.352 e. The number of nitrogens with zero attached hydrogens (tertiary/aromatic N) is 3. The summed E-state index contributed by atoms with van der Waals surface area (Å²) in [7, 11) is 0. The number of aromatic nitrogens is 5. The molecule has 0 amide bonds. The van der Waals surface area contributed by atoms with Crippen molar-refractivity contribution in [1.29, 1.82) is 0 Å². The van der Waals surface area contributed by atoms with Crippen molar-refractivity contribution in [2.75, 3.05) is 5.32 Å². The van der Waals surface area contributed by atoms with Gasteiger partial charge >= 0.3 is 0 Å². The fourth-order valence-electron chi connectivity index (χ4n) is 3.91. The average Bonchev–Trinajstić information content (AvgIpc) is 3.51. The number of hydrogen-bond donors (Lipinski definition) is 3. The third-order valence-corrected chi connectivity index (χ3v) is 5.81. The Kier molecular flexibility index (Phi) is 5.81. The molecule has 3 N–H and O–H groups in total. The summed E-state index contributed by atoms with van der Waals surface area (Å²) >= 11 is 0. The summed E-state index contributed by atoms with van der Waals surface area (Å²) in [5.41, 5.74) is 5.90. The Morgan fingerprint density at radius 3 is 2.77 bits per heavy atom. The van der Waals surface area contributed by atoms with Gasteiger partial charge in [-0.1, -0.05) is 43.5 Å². The highest BCUT2D eigenvalue weighted by Crippen LogP contribution is 2.27. The lowest BCUT2D eigenvalue weighted by Gasteiger charge is -2.10. The van der Waals surface area contributed by atoms with Crippen molar-refractivity contribution in [3.8, 4) is 11.4 Å². The number of carbonyl (C=O) groups excluding carboxylic acids is 1. The zero-order valence-corrected chi connectivity index (χ0v) is 19.3. The van der Waals surface area contributed by atoms with Gasteiger partial charge in [-0.3, -0.25) is 9.89 Å². The molecule has 0 spiro atoms. The van der Waals surface area contributed by atoms with Gasteiger partial charge in [0.2, 0.25) is 0 Å². The van der Waals surface area contributed by atoms with Crippen molar-refractivity contribution in [3.05, 3.63) is 103 Å². The van der Waals surface area contributed by atoms with Crippen LogP contribution in [0.1, 0.15) is 22.5 Å². The fraction of sp³-hybridized carbons (Fsp3) is 0.0714. The second-order valence-corrected chi connectivity index (χ2v) is 8.29. The topological polar surface area (TPSA) is 99.3 Å². The van der Waals surface area contributed by atoms with Gasteiger partial charge in [-0.05, 0) is 42.8 Å². The lowest BCUT2D eigenvalue weighted by Crippen LogP contribution is -2.00. The SMILES string of the molecule is C=C/C=C(\C=C)CC(=O)c1cc2ccc(-c3ncc(C)c(Nc4ccc5[nH]ncc5c4)n3)cc2[nH]1. The molecule has 5 aromatic rings. The van der Waals surface area contributed by atoms with E-state index in [4.69, 9.17) is 4.98 Å². The molecule has 0 bridgehead atoms. The Morgan fingerprint density at radius 1 is 1.06 bits per heavy atom. The van der Waals surface area contributed by atoms with E-state index in [1.54, 1.807) is 30.6 Å². The highest BCUT2D eigenvalue weighted by atomic mass is 16.1. The monoisotopic (exact) mass is 460 g/mol. The van der Waals surface area contributed by atoms with Crippen molar-refractivity contribution >= 4 is 39.1 Å². The molecule has 172 valence electrons. The van der Waals surface area contributed by atoms with E-state index < -0.39 is 0 Å². The van der Waals surface area contributed by atoms with Crippen molar-refractivity contribution in [2.24, 2.45) is 0 Å². The maximum absolute atomic E-state index is 12.7. The first-order valence-corrected chi connectivity index (χ1v) is 11.2. The first kappa shape index (κ1) is 22.0. The number of fused-ring (bicyclic) bond motifs is 2. The van der Waals surface area contributed by atoms with Gasteiger partial charge in [0.25, 0.3) is 0 Å². The Balaban J connectivity index is 1.42. The van der Waals surface area contributed by atoms with Crippen molar-refractivity contribution in [1.82, 2.24) is 25.1 Å². The quantitative estimate of drug-likeness (QED) is 0.183. The summed E-state index contributed by atoms with van der Waals surface area (Å²) in [6.45, 7) is 9.41. The summed E-state index contributed by atoms with van der Waals surface area (Å²) in [6, 6.07) is 13.7. The molecule has 0 aliphatic heterocycles. The number of carbonyl (C=O) groups is 1. The van der Waals surface area contributed by atoms with Crippen LogP contribution < -0.4 is 5.32 Å². The molecule has 0 saturated heterocycles. The second-order valence-electron chi connectivity index (χ2n) is 8.29. The van der Waals surface area contributed by atoms with Crippen LogP contribution in [0.5, 0.6) is 0 Å². The molecule has 35 heavy (non-hydrogen) atoms. The number of aryl methyl sites for hydroxylation is 1. The minimum absolute atomic E-state index is 0.0107. The van der Waals surface area contributed by atoms with E-state index in [1.807, 2.05) is 49.4 Å². The Hall–Kier alpha value is -4.78. The van der Waals surface area contributed by atoms with Gasteiger partial charge in [0.15, 0.2) is 11.6 Å². The molecule has 0 fully saturated rings. The van der Waals surface area contributed by atoms with E-state index in [1.165, 1.54) is 0 Å². The fourth-order valence-corrected chi connectivity index (χ4v) is 3.91. The smallest absolute Gasteiger partial charge is 0.183 e. The van der Waals surface area contributed by atoms with Gasteiger partial charge in [0.05, 0.1) is 17.4 Å². The molecule has 0 radical (unpaired) electrons. The number of anilines is 2. The molecule has 0 unspecified atom stereocenters. The van der Waals surface area contributed by atoms with Crippen LogP contribution in [0, 0.1) is 6.92 Å². The zero-order valence-electron chi connectivity index (χ0n) is 19.3. The van der Waals surface area contributed by atoms with E-state index >= 15 is 0 Å². The summed E-state index contributed by atoms with van der Waals surface area (Å²) in [5.74, 6) is 1.31. The summed E-state index contributed by atoms with van der Waals surface area (Å²) in [6.07, 6.45) is 8.97. The number of nitrogens with one attached hydrogen (secondary N) is 3. The number of rotatable bonds is 8. The lowest BCUT2D eigenvalue weighted by atomic mass is 10.1. The Bertz CT molecular complexity index is 1620. The third-order valence-electron chi connectivity index (χ3n) is 5.81. The predicted molar refractivity (Wildman–Crippen MR) is 141 cm³/mol. The maximum atomic E-state index is 12.7. The lowest BCUT2D eigenvalue weighted by molar-refractivity contribution is 0.0990. The normalized spacial score (nSPS) is 11.6. The van der Waals surface area contributed by atoms with Crippen LogP contribution in [-0.4, -0.2) is 30.9 Å². The molecule has 3 heterocycles. The van der Waals surface area contributed by atoms with Crippen LogP contribution in [0.3, 0.4) is 0 Å². The van der Waals surface area contributed by atoms with Gasteiger partial charge in [-0.2, -0.15) is 5.10 Å². The van der Waals surface area contributed by atoms with Gasteiger partial charge in [-0.15, -0.1) is 0 Å². The molecule has 3 aromatic heterocycles. The van der Waals surface area contributed by atoms with E-state index in [9.17, 15) is 4.79 Å². The molecule has 7 heteroatoms. The molecular weight excluding hydrogens is 436 g/mol. The third kappa shape index (κ3) is 4.52. The minimum atomic E-state index is -0.0107. The molecule has 0 aliphatic carbocycles. The van der Waals surface area contributed by atoms with Gasteiger partial charge < -0.3 is 10.3 Å². The van der Waals surface area contributed by atoms with E-state index in [0.717, 1.165) is 50.0 Å². The number of Topliss-reactive ketones (excluding diaryl/α,β-unsaturated/α-hetero) is 1. The van der Waals surface area contributed by atoms with Gasteiger partial charge in [0, 0.05) is 45.7 Å². The van der Waals surface area contributed by atoms with Crippen molar-refractivity contribution in [3.63, 3.8) is 0 Å². The van der Waals surface area contributed by atoms with Crippen LogP contribution in [-0.2, 0) is 0 Å². The van der Waals surface area contributed by atoms with Crippen LogP contribution in [0.15, 0.2) is 91.8 Å². The standard InChI is InChI=1S/C28H24N6O/c1-4-6-18(5-2)11-26(35)25-13-19-7-8-20(14-24(19)32-25)28-29-15-17(3)27(33-28)31-22-9-10-23-21(12-22)16-30-34-23/h4-10,12-16,32H,1-2,11H2,3H3,(H,30,34)(H,29,31,33)/b18-6+. The van der Waals surface area contributed by atoms with Gasteiger partial charge in [-0.25, -0.2) is 9.97 Å². The average molecular weight is 461 g/mol. The Labute approximate surface area is 202 Å². The van der Waals surface area contributed by atoms with Crippen LogP contribution in [0.4, 0.5) is 11.5 Å². The number of hydrogen-bond acceptors (Lipinski definition) is 5. The van der Waals surface area contributed by atoms with E-state index in [-0.39, 0.29) is 12.2 Å². The van der Waals surface area contributed by atoms with Crippen LogP contribution in [0.2, 0.25) is 0 Å². The van der Waals surface area contributed by atoms with E-state index in [0.29, 0.717) is 11.5 Å². The maximum Gasteiger partial charge on any atom is 0.183 e. The Morgan fingerprint density at radius 2 is 1.94 bits per heavy atom. The van der Waals surface area contributed by atoms with Crippen molar-refractivity contribution in [2.45, 2.75) is 13.3 Å². The highest BCUT2D eigenvalue weighted by molar-refractivity contribution is 6.01. The van der Waals surface area contributed by atoms with Gasteiger partial charge in [0.1, 0.15) is 5.82 Å². The molecule has 0 aliphatic rings. The first-order valence-electron chi connectivity index (χ1n) is 11.2. The number of aromatic amines is 2. The predicted octanol–water partition coefficient (Wildman–Crippen LogP) is 6.42. The first-order chi connectivity index (χ1) is 17.0.